The minimum atomic E-state index is -3.80. The molecule has 0 radical (unpaired) electrons. The number of piperidine rings is 1. The Morgan fingerprint density at radius 2 is 2.12 bits per heavy atom. The molecule has 2 fully saturated rings. The summed E-state index contributed by atoms with van der Waals surface area (Å²) in [7, 11) is -3.80. The molecule has 6 rings (SSSR count). The SMILES string of the molecule is CC1(NS(=O)(=O)c2cc(C3CCCNC3)c3c(c2)n(-c2nnc(C(F)F)s2)c2nccn32)CC1. The normalized spacial score (nSPS) is 20.5. The largest absolute Gasteiger partial charge is 0.316 e. The van der Waals surface area contributed by atoms with Gasteiger partial charge in [-0.3, -0.25) is 8.97 Å². The van der Waals surface area contributed by atoms with Gasteiger partial charge in [-0.2, -0.15) is 0 Å². The Bertz CT molecular complexity index is 1500. The van der Waals surface area contributed by atoms with Crippen LogP contribution in [0.4, 0.5) is 8.78 Å². The number of benzene rings is 1. The quantitative estimate of drug-likeness (QED) is 0.415. The van der Waals surface area contributed by atoms with Gasteiger partial charge in [-0.05, 0) is 62.8 Å². The fraction of sp³-hybridized carbons (Fsp3) is 0.476. The molecule has 1 aliphatic carbocycles. The first-order chi connectivity index (χ1) is 16.3. The molecule has 0 spiro atoms. The maximum Gasteiger partial charge on any atom is 0.291 e. The number of imidazole rings is 2. The van der Waals surface area contributed by atoms with Crippen LogP contribution in [0, 0.1) is 0 Å². The lowest BCUT2D eigenvalue weighted by Crippen LogP contribution is -2.34. The summed E-state index contributed by atoms with van der Waals surface area (Å²) in [6.07, 6.45) is 4.14. The molecule has 2 aliphatic rings. The summed E-state index contributed by atoms with van der Waals surface area (Å²) in [6.45, 7) is 3.53. The number of nitrogens with one attached hydrogen (secondary N) is 2. The van der Waals surface area contributed by atoms with Gasteiger partial charge in [0.05, 0.1) is 15.9 Å². The molecule has 1 saturated carbocycles. The van der Waals surface area contributed by atoms with Crippen LogP contribution in [-0.2, 0) is 10.0 Å². The van der Waals surface area contributed by atoms with Crippen LogP contribution in [0.5, 0.6) is 0 Å². The highest BCUT2D eigenvalue weighted by molar-refractivity contribution is 7.89. The molecule has 4 aromatic rings. The number of hydrogen-bond acceptors (Lipinski definition) is 7. The predicted molar refractivity (Wildman–Crippen MR) is 123 cm³/mol. The molecule has 13 heteroatoms. The average Bonchev–Trinajstić information content (AvgIpc) is 3.21. The number of sulfonamides is 1. The summed E-state index contributed by atoms with van der Waals surface area (Å²) in [5, 5.41) is 10.8. The average molecular weight is 508 g/mol. The minimum absolute atomic E-state index is 0.0930. The van der Waals surface area contributed by atoms with E-state index in [1.807, 2.05) is 11.3 Å². The van der Waals surface area contributed by atoms with E-state index in [0.29, 0.717) is 11.3 Å². The monoisotopic (exact) mass is 507 g/mol. The highest BCUT2D eigenvalue weighted by atomic mass is 32.2. The maximum atomic E-state index is 13.4. The van der Waals surface area contributed by atoms with Crippen molar-refractivity contribution in [1.29, 1.82) is 0 Å². The van der Waals surface area contributed by atoms with E-state index in [2.05, 4.69) is 25.2 Å². The van der Waals surface area contributed by atoms with E-state index in [9.17, 15) is 17.2 Å². The summed E-state index contributed by atoms with van der Waals surface area (Å²) in [5.74, 6) is 0.559. The number of halogens is 2. The van der Waals surface area contributed by atoms with Crippen LogP contribution in [-0.4, -0.2) is 51.2 Å². The summed E-state index contributed by atoms with van der Waals surface area (Å²) in [4.78, 5) is 4.58. The van der Waals surface area contributed by atoms with Crippen molar-refractivity contribution in [3.8, 4) is 5.13 Å². The fourth-order valence-electron chi connectivity index (χ4n) is 4.64. The molecule has 0 amide bonds. The maximum absolute atomic E-state index is 13.4. The summed E-state index contributed by atoms with van der Waals surface area (Å²) in [6, 6.07) is 3.34. The molecular weight excluding hydrogens is 484 g/mol. The number of aromatic nitrogens is 5. The smallest absolute Gasteiger partial charge is 0.291 e. The molecule has 2 N–H and O–H groups in total. The molecule has 1 saturated heterocycles. The minimum Gasteiger partial charge on any atom is -0.316 e. The lowest BCUT2D eigenvalue weighted by molar-refractivity contribution is 0.150. The van der Waals surface area contributed by atoms with E-state index >= 15 is 0 Å². The number of rotatable bonds is 6. The molecule has 1 unspecified atom stereocenters. The number of nitrogens with zero attached hydrogens (tertiary/aromatic N) is 5. The number of hydrogen-bond donors (Lipinski definition) is 2. The van der Waals surface area contributed by atoms with Crippen LogP contribution in [0.1, 0.15) is 55.5 Å². The third kappa shape index (κ3) is 3.61. The van der Waals surface area contributed by atoms with Gasteiger partial charge in [0.1, 0.15) is 0 Å². The van der Waals surface area contributed by atoms with Gasteiger partial charge in [0.2, 0.25) is 20.9 Å². The standard InChI is InChI=1S/C21H23F2N7O2S2/c1-21(4-5-21)28-34(31,32)13-9-14(12-3-2-6-24-11-12)16-15(10-13)30(19-25-7-8-29(16)19)20-27-26-18(33-20)17(22)23/h7-10,12,17,24,28H,2-6,11H2,1H3. The van der Waals surface area contributed by atoms with Crippen molar-refractivity contribution >= 4 is 38.2 Å². The van der Waals surface area contributed by atoms with Gasteiger partial charge >= 0.3 is 0 Å². The van der Waals surface area contributed by atoms with E-state index < -0.39 is 27.0 Å². The van der Waals surface area contributed by atoms with Crippen molar-refractivity contribution < 1.29 is 17.2 Å². The van der Waals surface area contributed by atoms with Crippen LogP contribution < -0.4 is 10.0 Å². The lowest BCUT2D eigenvalue weighted by atomic mass is 9.90. The molecule has 1 aromatic carbocycles. The predicted octanol–water partition coefficient (Wildman–Crippen LogP) is 3.37. The second-order valence-corrected chi connectivity index (χ2v) is 11.9. The number of alkyl halides is 2. The van der Waals surface area contributed by atoms with Crippen LogP contribution in [0.15, 0.2) is 29.4 Å². The van der Waals surface area contributed by atoms with E-state index in [4.69, 9.17) is 0 Å². The van der Waals surface area contributed by atoms with Crippen molar-refractivity contribution in [3.63, 3.8) is 0 Å². The van der Waals surface area contributed by atoms with Gasteiger partial charge < -0.3 is 5.32 Å². The first kappa shape index (κ1) is 22.0. The molecule has 34 heavy (non-hydrogen) atoms. The Kier molecular flexibility index (Phi) is 5.03. The molecule has 1 aliphatic heterocycles. The van der Waals surface area contributed by atoms with Gasteiger partial charge in [-0.25, -0.2) is 26.9 Å². The Morgan fingerprint density at radius 1 is 1.29 bits per heavy atom. The molecule has 4 heterocycles. The van der Waals surface area contributed by atoms with Gasteiger partial charge in [-0.15, -0.1) is 10.2 Å². The van der Waals surface area contributed by atoms with Gasteiger partial charge in [0, 0.05) is 24.5 Å². The van der Waals surface area contributed by atoms with Gasteiger partial charge in [-0.1, -0.05) is 11.3 Å². The van der Waals surface area contributed by atoms with Crippen molar-refractivity contribution in [1.82, 2.24) is 34.2 Å². The van der Waals surface area contributed by atoms with E-state index in [1.54, 1.807) is 29.1 Å². The molecule has 3 aromatic heterocycles. The van der Waals surface area contributed by atoms with E-state index in [0.717, 1.165) is 61.2 Å². The lowest BCUT2D eigenvalue weighted by Gasteiger charge is -2.24. The third-order valence-corrected chi connectivity index (χ3v) is 9.17. The Hall–Kier alpha value is -2.48. The second-order valence-electron chi connectivity index (χ2n) is 9.25. The molecule has 9 nitrogen and oxygen atoms in total. The Balaban J connectivity index is 1.63. The zero-order valence-electron chi connectivity index (χ0n) is 18.3. The Morgan fingerprint density at radius 3 is 2.79 bits per heavy atom. The first-order valence-electron chi connectivity index (χ1n) is 11.1. The van der Waals surface area contributed by atoms with Crippen LogP contribution in [0.3, 0.4) is 0 Å². The highest BCUT2D eigenvalue weighted by Gasteiger charge is 2.41. The second kappa shape index (κ2) is 7.77. The third-order valence-electron chi connectivity index (χ3n) is 6.63. The van der Waals surface area contributed by atoms with Crippen molar-refractivity contribution in [2.75, 3.05) is 13.1 Å². The summed E-state index contributed by atoms with van der Waals surface area (Å²) >= 11 is 0.767. The van der Waals surface area contributed by atoms with E-state index in [1.165, 1.54) is 0 Å². The fourth-order valence-corrected chi connectivity index (χ4v) is 6.87. The van der Waals surface area contributed by atoms with Crippen LogP contribution in [0.25, 0.3) is 21.9 Å². The summed E-state index contributed by atoms with van der Waals surface area (Å²) in [5.41, 5.74) is 1.80. The molecule has 0 bridgehead atoms. The molecular formula is C21H23F2N7O2S2. The van der Waals surface area contributed by atoms with Crippen molar-refractivity contribution in [2.24, 2.45) is 0 Å². The number of fused-ring (bicyclic) bond motifs is 3. The van der Waals surface area contributed by atoms with Crippen molar-refractivity contribution in [3.05, 3.63) is 35.1 Å². The molecule has 1 atom stereocenters. The zero-order chi connectivity index (χ0) is 23.7. The van der Waals surface area contributed by atoms with Crippen LogP contribution in [0.2, 0.25) is 0 Å². The highest BCUT2D eigenvalue weighted by Crippen LogP contribution is 2.39. The van der Waals surface area contributed by atoms with Crippen molar-refractivity contribution in [2.45, 2.75) is 55.4 Å². The molecule has 180 valence electrons. The van der Waals surface area contributed by atoms with Crippen LogP contribution >= 0.6 is 11.3 Å². The first-order valence-corrected chi connectivity index (χ1v) is 13.4. The van der Waals surface area contributed by atoms with Gasteiger partial charge in [0.15, 0.2) is 5.01 Å². The zero-order valence-corrected chi connectivity index (χ0v) is 20.0. The van der Waals surface area contributed by atoms with E-state index in [-0.39, 0.29) is 15.9 Å². The van der Waals surface area contributed by atoms with Gasteiger partial charge in [0.25, 0.3) is 6.43 Å². The Labute approximate surface area is 198 Å². The topological polar surface area (TPSA) is 106 Å². The summed E-state index contributed by atoms with van der Waals surface area (Å²) < 4.78 is 59.6.